The van der Waals surface area contributed by atoms with Crippen LogP contribution in [0, 0.1) is 0 Å². The van der Waals surface area contributed by atoms with E-state index < -0.39 is 0 Å². The topological polar surface area (TPSA) is 79.6 Å². The summed E-state index contributed by atoms with van der Waals surface area (Å²) in [6, 6.07) is 7.02. The van der Waals surface area contributed by atoms with Crippen molar-refractivity contribution in [3.05, 3.63) is 46.1 Å². The summed E-state index contributed by atoms with van der Waals surface area (Å²) in [5.41, 5.74) is 1.09. The molecule has 25 heavy (non-hydrogen) atoms. The van der Waals surface area contributed by atoms with Crippen LogP contribution in [0.25, 0.3) is 0 Å². The van der Waals surface area contributed by atoms with Crippen molar-refractivity contribution >= 4 is 46.5 Å². The summed E-state index contributed by atoms with van der Waals surface area (Å²) < 4.78 is 1.60. The molecule has 2 heterocycles. The average Bonchev–Trinajstić information content (AvgIpc) is 3.01. The summed E-state index contributed by atoms with van der Waals surface area (Å²) in [7, 11) is 1.53. The number of hydrogen-bond acceptors (Lipinski definition) is 4. The smallest absolute Gasteiger partial charge is 0.273 e. The fourth-order valence-corrected chi connectivity index (χ4v) is 2.80. The molecular formula is C16H15Cl2N5O2. The van der Waals surface area contributed by atoms with Gasteiger partial charge in [-0.1, -0.05) is 35.3 Å². The van der Waals surface area contributed by atoms with E-state index in [1.54, 1.807) is 29.1 Å². The van der Waals surface area contributed by atoms with Gasteiger partial charge < -0.3 is 5.32 Å². The summed E-state index contributed by atoms with van der Waals surface area (Å²) in [4.78, 5) is 23.8. The van der Waals surface area contributed by atoms with E-state index in [1.165, 1.54) is 12.1 Å². The number of hydrazone groups is 1. The number of hydrogen-bond donors (Lipinski definition) is 1. The minimum absolute atomic E-state index is 0.114. The standard InChI is InChI=1S/C16H15Cl2N5O2/c1-22-14(24)6-5-12(21-22)16(25)20-13-7-8-19-23(13)9-10-3-2-4-11(17)15(10)18/h2-4,7-8H,5-6,9H2,1H3,(H,20,25). The molecule has 3 rings (SSSR count). The highest BCUT2D eigenvalue weighted by molar-refractivity contribution is 6.43. The van der Waals surface area contributed by atoms with Crippen LogP contribution >= 0.6 is 23.2 Å². The van der Waals surface area contributed by atoms with Gasteiger partial charge >= 0.3 is 0 Å². The number of benzene rings is 1. The van der Waals surface area contributed by atoms with Crippen LogP contribution in [0.3, 0.4) is 0 Å². The second-order valence-electron chi connectivity index (χ2n) is 5.51. The van der Waals surface area contributed by atoms with Crippen LogP contribution in [-0.2, 0) is 16.1 Å². The maximum absolute atomic E-state index is 12.4. The first-order chi connectivity index (χ1) is 12.0. The van der Waals surface area contributed by atoms with Crippen molar-refractivity contribution in [2.45, 2.75) is 19.4 Å². The monoisotopic (exact) mass is 379 g/mol. The highest BCUT2D eigenvalue weighted by Crippen LogP contribution is 2.26. The van der Waals surface area contributed by atoms with Crippen LogP contribution in [0.4, 0.5) is 5.82 Å². The Morgan fingerprint density at radius 2 is 2.08 bits per heavy atom. The molecule has 0 aliphatic carbocycles. The Labute approximate surface area is 154 Å². The SMILES string of the molecule is CN1N=C(C(=O)Nc2ccnn2Cc2cccc(Cl)c2Cl)CCC1=O. The van der Waals surface area contributed by atoms with E-state index in [0.717, 1.165) is 5.56 Å². The minimum atomic E-state index is -0.363. The zero-order valence-corrected chi connectivity index (χ0v) is 14.9. The molecule has 0 fully saturated rings. The van der Waals surface area contributed by atoms with E-state index >= 15 is 0 Å². The molecule has 2 amide bonds. The molecule has 0 spiro atoms. The van der Waals surface area contributed by atoms with Gasteiger partial charge in [0, 0.05) is 26.0 Å². The Balaban J connectivity index is 1.76. The Hall–Kier alpha value is -2.38. The van der Waals surface area contributed by atoms with Crippen LogP contribution in [-0.4, -0.2) is 39.4 Å². The number of carbonyl (C=O) groups is 2. The number of carbonyl (C=O) groups excluding carboxylic acids is 2. The number of halogens is 2. The Bertz CT molecular complexity index is 862. The van der Waals surface area contributed by atoms with Gasteiger partial charge in [0.2, 0.25) is 5.91 Å². The first kappa shape index (κ1) is 17.4. The van der Waals surface area contributed by atoms with Crippen LogP contribution in [0.1, 0.15) is 18.4 Å². The van der Waals surface area contributed by atoms with Gasteiger partial charge in [-0.15, -0.1) is 0 Å². The lowest BCUT2D eigenvalue weighted by Gasteiger charge is -2.19. The summed E-state index contributed by atoms with van der Waals surface area (Å²) in [5, 5.41) is 13.1. The van der Waals surface area contributed by atoms with Crippen molar-refractivity contribution in [2.24, 2.45) is 5.10 Å². The van der Waals surface area contributed by atoms with Crippen LogP contribution in [0.15, 0.2) is 35.6 Å². The summed E-state index contributed by atoms with van der Waals surface area (Å²) >= 11 is 12.2. The normalized spacial score (nSPS) is 14.4. The van der Waals surface area contributed by atoms with Crippen molar-refractivity contribution in [2.75, 3.05) is 12.4 Å². The van der Waals surface area contributed by atoms with Crippen molar-refractivity contribution in [1.29, 1.82) is 0 Å². The van der Waals surface area contributed by atoms with Gasteiger partial charge in [-0.05, 0) is 11.6 Å². The summed E-state index contributed by atoms with van der Waals surface area (Å²) in [5.74, 6) is 0.0266. The maximum Gasteiger partial charge on any atom is 0.273 e. The van der Waals surface area contributed by atoms with Crippen molar-refractivity contribution < 1.29 is 9.59 Å². The third kappa shape index (κ3) is 3.83. The Morgan fingerprint density at radius 1 is 1.28 bits per heavy atom. The molecule has 0 atom stereocenters. The average molecular weight is 380 g/mol. The quantitative estimate of drug-likeness (QED) is 0.886. The van der Waals surface area contributed by atoms with Gasteiger partial charge in [0.15, 0.2) is 0 Å². The number of rotatable bonds is 4. The van der Waals surface area contributed by atoms with E-state index in [9.17, 15) is 9.59 Å². The zero-order chi connectivity index (χ0) is 18.0. The van der Waals surface area contributed by atoms with Crippen LogP contribution in [0.2, 0.25) is 10.0 Å². The molecule has 1 N–H and O–H groups in total. The molecule has 0 radical (unpaired) electrons. The van der Waals surface area contributed by atoms with Gasteiger partial charge in [-0.2, -0.15) is 10.2 Å². The van der Waals surface area contributed by atoms with Gasteiger partial charge in [-0.3, -0.25) is 9.59 Å². The molecule has 0 saturated heterocycles. The van der Waals surface area contributed by atoms with Crippen LogP contribution in [0.5, 0.6) is 0 Å². The first-order valence-electron chi connectivity index (χ1n) is 7.56. The maximum atomic E-state index is 12.4. The lowest BCUT2D eigenvalue weighted by Crippen LogP contribution is -2.34. The third-order valence-corrected chi connectivity index (χ3v) is 4.64. The molecule has 1 aliphatic rings. The molecule has 1 aromatic carbocycles. The molecule has 9 heteroatoms. The third-order valence-electron chi connectivity index (χ3n) is 3.78. The van der Waals surface area contributed by atoms with Gasteiger partial charge in [-0.25, -0.2) is 9.69 Å². The molecule has 130 valence electrons. The lowest BCUT2D eigenvalue weighted by atomic mass is 10.1. The fourth-order valence-electron chi connectivity index (χ4n) is 2.42. The molecular weight excluding hydrogens is 365 g/mol. The van der Waals surface area contributed by atoms with Gasteiger partial charge in [0.05, 0.1) is 22.8 Å². The first-order valence-corrected chi connectivity index (χ1v) is 8.31. The zero-order valence-electron chi connectivity index (χ0n) is 13.4. The van der Waals surface area contributed by atoms with Gasteiger partial charge in [0.1, 0.15) is 11.5 Å². The summed E-state index contributed by atoms with van der Waals surface area (Å²) in [6.45, 7) is 0.354. The van der Waals surface area contributed by atoms with E-state index in [1.807, 2.05) is 6.07 Å². The summed E-state index contributed by atoms with van der Waals surface area (Å²) in [6.07, 6.45) is 2.15. The Morgan fingerprint density at radius 3 is 2.84 bits per heavy atom. The molecule has 0 saturated carbocycles. The molecule has 2 aromatic rings. The van der Waals surface area contributed by atoms with Crippen molar-refractivity contribution in [1.82, 2.24) is 14.8 Å². The molecule has 1 aliphatic heterocycles. The second-order valence-corrected chi connectivity index (χ2v) is 6.29. The van der Waals surface area contributed by atoms with Gasteiger partial charge in [0.25, 0.3) is 5.91 Å². The highest BCUT2D eigenvalue weighted by Gasteiger charge is 2.22. The van der Waals surface area contributed by atoms with E-state index in [2.05, 4.69) is 15.5 Å². The van der Waals surface area contributed by atoms with Crippen molar-refractivity contribution in [3.8, 4) is 0 Å². The molecule has 0 bridgehead atoms. The second kappa shape index (κ2) is 7.25. The molecule has 7 nitrogen and oxygen atoms in total. The number of nitrogens with one attached hydrogen (secondary N) is 1. The number of nitrogens with zero attached hydrogens (tertiary/aromatic N) is 4. The Kier molecular flexibility index (Phi) is 5.06. The number of amides is 2. The van der Waals surface area contributed by atoms with Crippen molar-refractivity contribution in [3.63, 3.8) is 0 Å². The van der Waals surface area contributed by atoms with E-state index in [4.69, 9.17) is 23.2 Å². The van der Waals surface area contributed by atoms with E-state index in [-0.39, 0.29) is 18.2 Å². The fraction of sp³-hybridized carbons (Fsp3) is 0.250. The highest BCUT2D eigenvalue weighted by atomic mass is 35.5. The minimum Gasteiger partial charge on any atom is -0.306 e. The molecule has 0 unspecified atom stereocenters. The largest absolute Gasteiger partial charge is 0.306 e. The number of anilines is 1. The number of aromatic nitrogens is 2. The van der Waals surface area contributed by atoms with E-state index in [0.29, 0.717) is 34.5 Å². The molecule has 1 aromatic heterocycles. The predicted molar refractivity (Wildman–Crippen MR) is 95.9 cm³/mol. The van der Waals surface area contributed by atoms with Crippen LogP contribution < -0.4 is 5.32 Å². The predicted octanol–water partition coefficient (Wildman–Crippen LogP) is 2.78. The lowest BCUT2D eigenvalue weighted by molar-refractivity contribution is -0.130.